The Kier molecular flexibility index (Phi) is 5.23. The number of amides is 1. The first kappa shape index (κ1) is 17.3. The van der Waals surface area contributed by atoms with Crippen LogP contribution in [0, 0.1) is 0 Å². The van der Waals surface area contributed by atoms with E-state index in [-0.39, 0.29) is 6.61 Å². The zero-order chi connectivity index (χ0) is 17.8. The van der Waals surface area contributed by atoms with Crippen LogP contribution in [0.5, 0.6) is 11.5 Å². The number of anilines is 1. The Hall–Kier alpha value is -2.54. The lowest BCUT2D eigenvalue weighted by Crippen LogP contribution is -2.41. The van der Waals surface area contributed by atoms with Crippen LogP contribution in [0.15, 0.2) is 53.0 Å². The number of hydrogen-bond donors (Lipinski definition) is 1. The molecule has 3 rings (SSSR count). The first-order chi connectivity index (χ1) is 12.0. The van der Waals surface area contributed by atoms with Gasteiger partial charge in [0.2, 0.25) is 6.10 Å². The third kappa shape index (κ3) is 4.30. The quantitative estimate of drug-likeness (QED) is 0.790. The van der Waals surface area contributed by atoms with E-state index in [1.807, 2.05) is 6.07 Å². The minimum absolute atomic E-state index is 0.0386. The standard InChI is InChI=1S/C18H16BrNO5/c1-11(17(21)20-13-8-6-12(19)7-9-13)24-18(22)16-10-23-14-4-2-3-5-15(14)25-16/h2-9,11,16H,10H2,1H3,(H,20,21)/t11-,16-/m1/s1. The minimum Gasteiger partial charge on any atom is -0.485 e. The summed E-state index contributed by atoms with van der Waals surface area (Å²) in [6, 6.07) is 14.1. The molecular weight excluding hydrogens is 390 g/mol. The first-order valence-corrected chi connectivity index (χ1v) is 8.47. The van der Waals surface area contributed by atoms with Gasteiger partial charge in [0.25, 0.3) is 5.91 Å². The zero-order valence-corrected chi connectivity index (χ0v) is 15.0. The highest BCUT2D eigenvalue weighted by Gasteiger charge is 2.31. The van der Waals surface area contributed by atoms with Crippen LogP contribution in [-0.2, 0) is 14.3 Å². The summed E-state index contributed by atoms with van der Waals surface area (Å²) in [5.41, 5.74) is 0.613. The fourth-order valence-corrected chi connectivity index (χ4v) is 2.48. The van der Waals surface area contributed by atoms with Gasteiger partial charge < -0.3 is 19.5 Å². The van der Waals surface area contributed by atoms with Gasteiger partial charge in [0.05, 0.1) is 0 Å². The molecule has 2 aromatic rings. The van der Waals surface area contributed by atoms with Crippen molar-refractivity contribution in [3.05, 3.63) is 53.0 Å². The Morgan fingerprint density at radius 2 is 1.84 bits per heavy atom. The summed E-state index contributed by atoms with van der Waals surface area (Å²) in [5.74, 6) is -0.0176. The number of fused-ring (bicyclic) bond motifs is 1. The number of rotatable bonds is 4. The van der Waals surface area contributed by atoms with Crippen molar-refractivity contribution in [1.29, 1.82) is 0 Å². The summed E-state index contributed by atoms with van der Waals surface area (Å²) in [6.45, 7) is 1.54. The molecule has 0 saturated carbocycles. The molecule has 6 nitrogen and oxygen atoms in total. The molecule has 0 unspecified atom stereocenters. The molecule has 7 heteroatoms. The summed E-state index contributed by atoms with van der Waals surface area (Å²) < 4.78 is 17.1. The van der Waals surface area contributed by atoms with Gasteiger partial charge in [-0.25, -0.2) is 4.79 Å². The molecule has 0 aromatic heterocycles. The molecule has 0 spiro atoms. The van der Waals surface area contributed by atoms with E-state index < -0.39 is 24.1 Å². The highest BCUT2D eigenvalue weighted by molar-refractivity contribution is 9.10. The van der Waals surface area contributed by atoms with Crippen LogP contribution in [0.2, 0.25) is 0 Å². The van der Waals surface area contributed by atoms with Crippen molar-refractivity contribution in [2.45, 2.75) is 19.1 Å². The number of esters is 1. The smallest absolute Gasteiger partial charge is 0.351 e. The molecule has 2 aromatic carbocycles. The van der Waals surface area contributed by atoms with Gasteiger partial charge >= 0.3 is 5.97 Å². The topological polar surface area (TPSA) is 73.9 Å². The van der Waals surface area contributed by atoms with E-state index >= 15 is 0 Å². The second-order valence-corrected chi connectivity index (χ2v) is 6.36. The minimum atomic E-state index is -0.961. The molecule has 1 aliphatic rings. The average Bonchev–Trinajstić information content (AvgIpc) is 2.63. The highest BCUT2D eigenvalue weighted by Crippen LogP contribution is 2.31. The van der Waals surface area contributed by atoms with Crippen LogP contribution < -0.4 is 14.8 Å². The van der Waals surface area contributed by atoms with Gasteiger partial charge in [-0.15, -0.1) is 0 Å². The van der Waals surface area contributed by atoms with Crippen LogP contribution in [0.25, 0.3) is 0 Å². The van der Waals surface area contributed by atoms with Crippen LogP contribution in [0.3, 0.4) is 0 Å². The molecule has 25 heavy (non-hydrogen) atoms. The van der Waals surface area contributed by atoms with Gasteiger partial charge in [-0.1, -0.05) is 28.1 Å². The number of nitrogens with one attached hydrogen (secondary N) is 1. The Bertz CT molecular complexity index is 777. The lowest BCUT2D eigenvalue weighted by molar-refractivity contribution is -0.162. The van der Waals surface area contributed by atoms with Crippen LogP contribution in [0.1, 0.15) is 6.92 Å². The van der Waals surface area contributed by atoms with Gasteiger partial charge in [0, 0.05) is 10.2 Å². The number of carbonyl (C=O) groups is 2. The van der Waals surface area contributed by atoms with E-state index in [4.69, 9.17) is 14.2 Å². The van der Waals surface area contributed by atoms with E-state index in [0.29, 0.717) is 17.2 Å². The lowest BCUT2D eigenvalue weighted by Gasteiger charge is -2.25. The fourth-order valence-electron chi connectivity index (χ4n) is 2.22. The maximum atomic E-state index is 12.2. The van der Waals surface area contributed by atoms with Crippen molar-refractivity contribution in [2.75, 3.05) is 11.9 Å². The fraction of sp³-hybridized carbons (Fsp3) is 0.222. The van der Waals surface area contributed by atoms with Gasteiger partial charge in [-0.05, 0) is 43.3 Å². The monoisotopic (exact) mass is 405 g/mol. The van der Waals surface area contributed by atoms with Crippen molar-refractivity contribution in [3.8, 4) is 11.5 Å². The first-order valence-electron chi connectivity index (χ1n) is 7.68. The number of halogens is 1. The number of para-hydroxylation sites is 2. The predicted molar refractivity (Wildman–Crippen MR) is 94.7 cm³/mol. The number of hydrogen-bond acceptors (Lipinski definition) is 5. The second-order valence-electron chi connectivity index (χ2n) is 5.44. The van der Waals surface area contributed by atoms with Crippen molar-refractivity contribution in [3.63, 3.8) is 0 Å². The zero-order valence-electron chi connectivity index (χ0n) is 13.4. The number of ether oxygens (including phenoxy) is 3. The van der Waals surface area contributed by atoms with Gasteiger partial charge in [0.1, 0.15) is 6.61 Å². The number of benzene rings is 2. The molecule has 1 aliphatic heterocycles. The average molecular weight is 406 g/mol. The molecule has 2 atom stereocenters. The highest BCUT2D eigenvalue weighted by atomic mass is 79.9. The summed E-state index contributed by atoms with van der Waals surface area (Å²) >= 11 is 3.32. The maximum Gasteiger partial charge on any atom is 0.351 e. The predicted octanol–water partition coefficient (Wildman–Crippen LogP) is 3.16. The maximum absolute atomic E-state index is 12.2. The van der Waals surface area contributed by atoms with E-state index in [2.05, 4.69) is 21.2 Å². The molecule has 0 fully saturated rings. The largest absolute Gasteiger partial charge is 0.485 e. The van der Waals surface area contributed by atoms with E-state index in [1.54, 1.807) is 42.5 Å². The molecule has 0 radical (unpaired) electrons. The molecule has 1 amide bonds. The van der Waals surface area contributed by atoms with Crippen molar-refractivity contribution in [2.24, 2.45) is 0 Å². The summed E-state index contributed by atoms with van der Waals surface area (Å²) in [7, 11) is 0. The lowest BCUT2D eigenvalue weighted by atomic mass is 10.2. The Labute approximate surface area is 153 Å². The summed E-state index contributed by atoms with van der Waals surface area (Å²) in [6.07, 6.45) is -1.87. The normalized spacial score (nSPS) is 16.6. The van der Waals surface area contributed by atoms with Gasteiger partial charge in [-0.2, -0.15) is 0 Å². The van der Waals surface area contributed by atoms with Crippen LogP contribution in [-0.4, -0.2) is 30.7 Å². The van der Waals surface area contributed by atoms with Gasteiger partial charge in [-0.3, -0.25) is 4.79 Å². The molecule has 0 saturated heterocycles. The Morgan fingerprint density at radius 3 is 2.56 bits per heavy atom. The van der Waals surface area contributed by atoms with E-state index in [0.717, 1.165) is 4.47 Å². The van der Waals surface area contributed by atoms with Crippen molar-refractivity contribution >= 4 is 33.5 Å². The molecule has 0 bridgehead atoms. The summed E-state index contributed by atoms with van der Waals surface area (Å²) in [5, 5.41) is 2.68. The van der Waals surface area contributed by atoms with Crippen molar-refractivity contribution < 1.29 is 23.8 Å². The van der Waals surface area contributed by atoms with Crippen molar-refractivity contribution in [1.82, 2.24) is 0 Å². The molecular formula is C18H16BrNO5. The van der Waals surface area contributed by atoms with Crippen LogP contribution >= 0.6 is 15.9 Å². The third-order valence-electron chi connectivity index (χ3n) is 3.55. The van der Waals surface area contributed by atoms with Crippen LogP contribution in [0.4, 0.5) is 5.69 Å². The number of carbonyl (C=O) groups excluding carboxylic acids is 2. The molecule has 130 valence electrons. The summed E-state index contributed by atoms with van der Waals surface area (Å²) in [4.78, 5) is 24.3. The Balaban J connectivity index is 1.55. The molecule has 0 aliphatic carbocycles. The van der Waals surface area contributed by atoms with E-state index in [1.165, 1.54) is 6.92 Å². The van der Waals surface area contributed by atoms with E-state index in [9.17, 15) is 9.59 Å². The Morgan fingerprint density at radius 1 is 1.16 bits per heavy atom. The SMILES string of the molecule is C[C@@H](OC(=O)[C@H]1COc2ccccc2O1)C(=O)Nc1ccc(Br)cc1. The third-order valence-corrected chi connectivity index (χ3v) is 4.07. The second kappa shape index (κ2) is 7.57. The molecule has 1 N–H and O–H groups in total. The van der Waals surface area contributed by atoms with Gasteiger partial charge in [0.15, 0.2) is 17.6 Å². The molecule has 1 heterocycles.